The van der Waals surface area contributed by atoms with Crippen LogP contribution in [0.5, 0.6) is 0 Å². The molecule has 1 N–H and O–H groups in total. The molecule has 0 saturated carbocycles. The summed E-state index contributed by atoms with van der Waals surface area (Å²) in [4.78, 5) is 14.9. The van der Waals surface area contributed by atoms with Gasteiger partial charge in [0, 0.05) is 17.4 Å². The molecule has 6 heteroatoms. The van der Waals surface area contributed by atoms with Crippen LogP contribution >= 0.6 is 0 Å². The molecule has 98 valence electrons. The van der Waals surface area contributed by atoms with Crippen LogP contribution in [0.1, 0.15) is 15.9 Å². The minimum atomic E-state index is -1.36. The number of halogens is 3. The Hall–Kier alpha value is -2.37. The molecule has 0 fully saturated rings. The van der Waals surface area contributed by atoms with Gasteiger partial charge >= 0.3 is 0 Å². The molecule has 0 aliphatic heterocycles. The van der Waals surface area contributed by atoms with Crippen LogP contribution in [0.4, 0.5) is 18.9 Å². The first-order valence-corrected chi connectivity index (χ1v) is 5.37. The molecule has 0 atom stereocenters. The summed E-state index contributed by atoms with van der Waals surface area (Å²) in [5, 5.41) is 2.32. The Bertz CT molecular complexity index is 644. The van der Waals surface area contributed by atoms with Crippen LogP contribution in [-0.4, -0.2) is 10.9 Å². The predicted molar refractivity (Wildman–Crippen MR) is 63.2 cm³/mol. The zero-order valence-electron chi connectivity index (χ0n) is 9.88. The van der Waals surface area contributed by atoms with Crippen molar-refractivity contribution in [3.63, 3.8) is 0 Å². The molecule has 1 heterocycles. The summed E-state index contributed by atoms with van der Waals surface area (Å²) < 4.78 is 39.5. The minimum absolute atomic E-state index is 0.196. The standard InChI is InChI=1S/C13H9F3N2O/c1-7-9(14)3-2-4-10(7)18-13(19)8-5-6-17-12(16)11(8)15/h2-6H,1H3,(H,18,19). The van der Waals surface area contributed by atoms with E-state index in [1.165, 1.54) is 25.1 Å². The highest BCUT2D eigenvalue weighted by Crippen LogP contribution is 2.19. The molecule has 0 bridgehead atoms. The first-order chi connectivity index (χ1) is 9.00. The van der Waals surface area contributed by atoms with Gasteiger partial charge in [0.15, 0.2) is 5.82 Å². The third kappa shape index (κ3) is 2.57. The number of benzene rings is 1. The van der Waals surface area contributed by atoms with Gasteiger partial charge in [-0.15, -0.1) is 0 Å². The Morgan fingerprint density at radius 2 is 1.95 bits per heavy atom. The number of pyridine rings is 1. The van der Waals surface area contributed by atoms with Gasteiger partial charge in [-0.25, -0.2) is 13.8 Å². The number of carbonyl (C=O) groups is 1. The number of nitrogens with zero attached hydrogens (tertiary/aromatic N) is 1. The summed E-state index contributed by atoms with van der Waals surface area (Å²) in [5.74, 6) is -4.07. The van der Waals surface area contributed by atoms with E-state index in [4.69, 9.17) is 0 Å². The van der Waals surface area contributed by atoms with Crippen LogP contribution in [0.3, 0.4) is 0 Å². The Labute approximate surface area is 107 Å². The van der Waals surface area contributed by atoms with Crippen molar-refractivity contribution in [1.82, 2.24) is 4.98 Å². The van der Waals surface area contributed by atoms with Gasteiger partial charge in [-0.05, 0) is 25.1 Å². The molecule has 0 spiro atoms. The fraction of sp³-hybridized carbons (Fsp3) is 0.0769. The summed E-state index contributed by atoms with van der Waals surface area (Å²) in [6.45, 7) is 1.47. The van der Waals surface area contributed by atoms with Crippen molar-refractivity contribution in [3.05, 3.63) is 59.2 Å². The van der Waals surface area contributed by atoms with Crippen molar-refractivity contribution >= 4 is 11.6 Å². The number of anilines is 1. The average Bonchev–Trinajstić information content (AvgIpc) is 2.38. The maximum atomic E-state index is 13.4. The lowest BCUT2D eigenvalue weighted by molar-refractivity contribution is 0.102. The van der Waals surface area contributed by atoms with Crippen LogP contribution in [-0.2, 0) is 0 Å². The second-order valence-corrected chi connectivity index (χ2v) is 3.83. The van der Waals surface area contributed by atoms with Gasteiger partial charge in [-0.2, -0.15) is 4.39 Å². The lowest BCUT2D eigenvalue weighted by Crippen LogP contribution is -2.16. The number of aromatic nitrogens is 1. The lowest BCUT2D eigenvalue weighted by Gasteiger charge is -2.09. The van der Waals surface area contributed by atoms with E-state index in [1.54, 1.807) is 0 Å². The van der Waals surface area contributed by atoms with Crippen LogP contribution in [0.25, 0.3) is 0 Å². The van der Waals surface area contributed by atoms with Crippen molar-refractivity contribution < 1.29 is 18.0 Å². The molecular formula is C13H9F3N2O. The molecule has 1 aromatic carbocycles. The van der Waals surface area contributed by atoms with Crippen LogP contribution in [0.2, 0.25) is 0 Å². The van der Waals surface area contributed by atoms with E-state index in [2.05, 4.69) is 10.3 Å². The third-order valence-corrected chi connectivity index (χ3v) is 2.61. The van der Waals surface area contributed by atoms with Crippen molar-refractivity contribution in [3.8, 4) is 0 Å². The number of hydrogen-bond donors (Lipinski definition) is 1. The first kappa shape index (κ1) is 13.1. The van der Waals surface area contributed by atoms with E-state index < -0.39 is 29.1 Å². The van der Waals surface area contributed by atoms with E-state index in [-0.39, 0.29) is 11.3 Å². The SMILES string of the molecule is Cc1c(F)cccc1NC(=O)c1ccnc(F)c1F. The normalized spacial score (nSPS) is 10.3. The van der Waals surface area contributed by atoms with E-state index in [9.17, 15) is 18.0 Å². The van der Waals surface area contributed by atoms with Gasteiger partial charge in [0.05, 0.1) is 5.56 Å². The van der Waals surface area contributed by atoms with Crippen LogP contribution in [0.15, 0.2) is 30.5 Å². The molecule has 0 unspecified atom stereocenters. The van der Waals surface area contributed by atoms with Crippen LogP contribution < -0.4 is 5.32 Å². The molecule has 1 amide bonds. The molecule has 19 heavy (non-hydrogen) atoms. The van der Waals surface area contributed by atoms with E-state index >= 15 is 0 Å². The predicted octanol–water partition coefficient (Wildman–Crippen LogP) is 3.06. The molecule has 2 rings (SSSR count). The first-order valence-electron chi connectivity index (χ1n) is 5.37. The Balaban J connectivity index is 2.31. The second kappa shape index (κ2) is 5.09. The highest BCUT2D eigenvalue weighted by Gasteiger charge is 2.17. The average molecular weight is 266 g/mol. The van der Waals surface area contributed by atoms with Gasteiger partial charge in [-0.1, -0.05) is 6.07 Å². The summed E-state index contributed by atoms with van der Waals surface area (Å²) in [5.41, 5.74) is -0.0800. The van der Waals surface area contributed by atoms with Crippen molar-refractivity contribution in [2.24, 2.45) is 0 Å². The van der Waals surface area contributed by atoms with Gasteiger partial charge in [-0.3, -0.25) is 4.79 Å². The monoisotopic (exact) mass is 266 g/mol. The second-order valence-electron chi connectivity index (χ2n) is 3.83. The smallest absolute Gasteiger partial charge is 0.258 e. The molecule has 1 aromatic heterocycles. The Morgan fingerprint density at radius 3 is 2.68 bits per heavy atom. The molecular weight excluding hydrogens is 257 g/mol. The zero-order chi connectivity index (χ0) is 14.0. The lowest BCUT2D eigenvalue weighted by atomic mass is 10.1. The highest BCUT2D eigenvalue weighted by molar-refractivity contribution is 6.04. The maximum absolute atomic E-state index is 13.4. The molecule has 0 saturated heterocycles. The van der Waals surface area contributed by atoms with Crippen molar-refractivity contribution in [1.29, 1.82) is 0 Å². The summed E-state index contributed by atoms with van der Waals surface area (Å²) in [6.07, 6.45) is 0.978. The fourth-order valence-electron chi connectivity index (χ4n) is 1.53. The van der Waals surface area contributed by atoms with Crippen molar-refractivity contribution in [2.45, 2.75) is 6.92 Å². The number of nitrogens with one attached hydrogen (secondary N) is 1. The van der Waals surface area contributed by atoms with Gasteiger partial charge in [0.2, 0.25) is 5.95 Å². The summed E-state index contributed by atoms with van der Waals surface area (Å²) in [7, 11) is 0. The van der Waals surface area contributed by atoms with E-state index in [0.717, 1.165) is 12.3 Å². The molecule has 0 aliphatic carbocycles. The number of amides is 1. The van der Waals surface area contributed by atoms with Crippen molar-refractivity contribution in [2.75, 3.05) is 5.32 Å². The van der Waals surface area contributed by atoms with Crippen LogP contribution in [0, 0.1) is 24.5 Å². The highest BCUT2D eigenvalue weighted by atomic mass is 19.2. The molecule has 2 aromatic rings. The molecule has 0 aliphatic rings. The van der Waals surface area contributed by atoms with Gasteiger partial charge < -0.3 is 5.32 Å². The summed E-state index contributed by atoms with van der Waals surface area (Å²) in [6, 6.07) is 5.15. The topological polar surface area (TPSA) is 42.0 Å². The maximum Gasteiger partial charge on any atom is 0.258 e. The largest absolute Gasteiger partial charge is 0.322 e. The molecule has 0 radical (unpaired) electrons. The molecule has 3 nitrogen and oxygen atoms in total. The number of carbonyl (C=O) groups excluding carboxylic acids is 1. The van der Waals surface area contributed by atoms with E-state index in [1.807, 2.05) is 0 Å². The quantitative estimate of drug-likeness (QED) is 0.849. The Kier molecular flexibility index (Phi) is 3.50. The minimum Gasteiger partial charge on any atom is -0.322 e. The fourth-order valence-corrected chi connectivity index (χ4v) is 1.53. The number of hydrogen-bond acceptors (Lipinski definition) is 2. The third-order valence-electron chi connectivity index (χ3n) is 2.61. The van der Waals surface area contributed by atoms with Gasteiger partial charge in [0.1, 0.15) is 5.82 Å². The Morgan fingerprint density at radius 1 is 1.21 bits per heavy atom. The van der Waals surface area contributed by atoms with E-state index in [0.29, 0.717) is 0 Å². The van der Waals surface area contributed by atoms with Gasteiger partial charge in [0.25, 0.3) is 5.91 Å². The zero-order valence-corrected chi connectivity index (χ0v) is 9.88. The number of rotatable bonds is 2. The summed E-state index contributed by atoms with van der Waals surface area (Å²) >= 11 is 0.